The normalized spacial score (nSPS) is 13.1. The molecule has 212 valence electrons. The summed E-state index contributed by atoms with van der Waals surface area (Å²) in [6, 6.07) is 21.0. The van der Waals surface area contributed by atoms with Gasteiger partial charge >= 0.3 is 12.7 Å². The number of para-hydroxylation sites is 2. The van der Waals surface area contributed by atoms with Gasteiger partial charge < -0.3 is 25.0 Å². The van der Waals surface area contributed by atoms with Gasteiger partial charge in [-0.15, -0.1) is 0 Å². The third kappa shape index (κ3) is 6.69. The molecule has 4 aromatic rings. The fourth-order valence-electron chi connectivity index (χ4n) is 4.71. The number of aryl methyl sites for hydroxylation is 2. The van der Waals surface area contributed by atoms with E-state index in [1.165, 1.54) is 17.2 Å². The Morgan fingerprint density at radius 2 is 1.73 bits per heavy atom. The topological polar surface area (TPSA) is 91.9 Å². The molecule has 0 saturated carbocycles. The van der Waals surface area contributed by atoms with Gasteiger partial charge in [-0.05, 0) is 49.2 Å². The number of amides is 1. The molecule has 0 bridgehead atoms. The quantitative estimate of drug-likeness (QED) is 0.264. The van der Waals surface area contributed by atoms with Crippen LogP contribution in [0.1, 0.15) is 11.1 Å². The highest BCUT2D eigenvalue weighted by Gasteiger charge is 2.26. The molecular weight excluding hydrogens is 530 g/mol. The zero-order chi connectivity index (χ0) is 28.8. The number of hydrogen-bond acceptors (Lipinski definition) is 8. The Morgan fingerprint density at radius 3 is 2.44 bits per heavy atom. The lowest BCUT2D eigenvalue weighted by Crippen LogP contribution is -2.43. The monoisotopic (exact) mass is 560 g/mol. The van der Waals surface area contributed by atoms with E-state index in [2.05, 4.69) is 20.6 Å². The van der Waals surface area contributed by atoms with E-state index in [0.29, 0.717) is 35.9 Å². The molecular formula is C30H30F2N6O3. The van der Waals surface area contributed by atoms with Crippen LogP contribution in [0.3, 0.4) is 0 Å². The first kappa shape index (κ1) is 27.8. The lowest BCUT2D eigenvalue weighted by atomic mass is 10.1. The summed E-state index contributed by atoms with van der Waals surface area (Å²) in [7, 11) is 0. The number of carbonyl (C=O) groups excluding carboxylic acids is 1. The number of rotatable bonds is 8. The first-order valence-electron chi connectivity index (χ1n) is 13.2. The molecule has 5 rings (SSSR count). The minimum atomic E-state index is -2.98. The van der Waals surface area contributed by atoms with Crippen molar-refractivity contribution in [3.63, 3.8) is 0 Å². The fourth-order valence-corrected chi connectivity index (χ4v) is 4.71. The van der Waals surface area contributed by atoms with Crippen LogP contribution in [0.2, 0.25) is 0 Å². The van der Waals surface area contributed by atoms with Crippen molar-refractivity contribution in [1.82, 2.24) is 15.3 Å². The number of hydrogen-bond donors (Lipinski definition) is 2. The first-order valence-corrected chi connectivity index (χ1v) is 13.2. The highest BCUT2D eigenvalue weighted by atomic mass is 19.3. The third-order valence-corrected chi connectivity index (χ3v) is 6.55. The summed E-state index contributed by atoms with van der Waals surface area (Å²) in [5.74, 6) is 0.857. The van der Waals surface area contributed by atoms with Gasteiger partial charge in [0.1, 0.15) is 11.6 Å². The minimum absolute atomic E-state index is 0.0478. The Hall–Kier alpha value is -4.77. The molecule has 0 unspecified atom stereocenters. The van der Waals surface area contributed by atoms with E-state index in [4.69, 9.17) is 9.47 Å². The molecule has 1 saturated heterocycles. The van der Waals surface area contributed by atoms with Crippen LogP contribution < -0.4 is 29.9 Å². The second-order valence-corrected chi connectivity index (χ2v) is 9.42. The van der Waals surface area contributed by atoms with E-state index < -0.39 is 12.7 Å². The second kappa shape index (κ2) is 12.6. The number of carbonyl (C=O) groups is 1. The number of nitrogens with zero attached hydrogens (tertiary/aromatic N) is 4. The van der Waals surface area contributed by atoms with E-state index in [1.54, 1.807) is 42.5 Å². The van der Waals surface area contributed by atoms with Crippen molar-refractivity contribution in [2.75, 3.05) is 41.3 Å². The molecule has 11 heteroatoms. The number of anilines is 5. The van der Waals surface area contributed by atoms with Crippen LogP contribution in [-0.2, 0) is 0 Å². The smallest absolute Gasteiger partial charge is 0.425 e. The summed E-state index contributed by atoms with van der Waals surface area (Å²) in [5.41, 5.74) is 3.35. The second-order valence-electron chi connectivity index (χ2n) is 9.42. The number of piperazine rings is 1. The Labute approximate surface area is 236 Å². The lowest BCUT2D eigenvalue weighted by Gasteiger charge is -2.31. The van der Waals surface area contributed by atoms with Crippen molar-refractivity contribution in [1.29, 1.82) is 0 Å². The Kier molecular flexibility index (Phi) is 8.54. The molecule has 1 fully saturated rings. The van der Waals surface area contributed by atoms with Gasteiger partial charge in [-0.1, -0.05) is 36.4 Å². The van der Waals surface area contributed by atoms with E-state index in [-0.39, 0.29) is 17.5 Å². The Morgan fingerprint density at radius 1 is 1.00 bits per heavy atom. The zero-order valence-electron chi connectivity index (χ0n) is 22.7. The average Bonchev–Trinajstić information content (AvgIpc) is 2.96. The van der Waals surface area contributed by atoms with Gasteiger partial charge in [-0.25, -0.2) is 14.7 Å². The molecule has 1 amide bonds. The summed E-state index contributed by atoms with van der Waals surface area (Å²) >= 11 is 0. The van der Waals surface area contributed by atoms with Crippen LogP contribution in [0.5, 0.6) is 11.5 Å². The molecule has 0 spiro atoms. The predicted octanol–water partition coefficient (Wildman–Crippen LogP) is 6.19. The number of halogens is 2. The van der Waals surface area contributed by atoms with Gasteiger partial charge in [0.15, 0.2) is 5.75 Å². The molecule has 9 nitrogen and oxygen atoms in total. The van der Waals surface area contributed by atoms with Crippen LogP contribution in [0.4, 0.5) is 42.4 Å². The van der Waals surface area contributed by atoms with Gasteiger partial charge in [0.05, 0.1) is 11.4 Å². The SMILES string of the molecule is Cc1cccc(C)c1N(C(=O)Oc1ccccc1)c1ccnc(Nc2ccc(N3CCNCC3)c(OC(F)F)c2)n1. The first-order chi connectivity index (χ1) is 19.9. The van der Waals surface area contributed by atoms with Crippen LogP contribution >= 0.6 is 0 Å². The van der Waals surface area contributed by atoms with Gasteiger partial charge in [-0.3, -0.25) is 0 Å². The summed E-state index contributed by atoms with van der Waals surface area (Å²) in [5, 5.41) is 6.30. The van der Waals surface area contributed by atoms with Crippen molar-refractivity contribution < 1.29 is 23.0 Å². The molecule has 1 aliphatic heterocycles. The Balaban J connectivity index is 1.47. The molecule has 3 aromatic carbocycles. The predicted molar refractivity (Wildman–Crippen MR) is 154 cm³/mol. The van der Waals surface area contributed by atoms with E-state index >= 15 is 0 Å². The molecule has 41 heavy (non-hydrogen) atoms. The highest BCUT2D eigenvalue weighted by molar-refractivity contribution is 5.98. The number of ether oxygens (including phenoxy) is 2. The van der Waals surface area contributed by atoms with Gasteiger partial charge in [0.25, 0.3) is 0 Å². The zero-order valence-corrected chi connectivity index (χ0v) is 22.7. The third-order valence-electron chi connectivity index (χ3n) is 6.55. The maximum Gasteiger partial charge on any atom is 0.425 e. The van der Waals surface area contributed by atoms with Crippen LogP contribution in [0.25, 0.3) is 0 Å². The standard InChI is InChI=1S/C30H30F2N6O3/c1-20-7-6-8-21(2)27(20)38(30(39)40-23-9-4-3-5-10-23)26-13-14-34-29(36-26)35-22-11-12-24(25(19-22)41-28(31)32)37-17-15-33-16-18-37/h3-14,19,28,33H,15-18H2,1-2H3,(H,34,35,36). The molecule has 0 aliphatic carbocycles. The molecule has 0 atom stereocenters. The molecule has 2 N–H and O–H groups in total. The van der Waals surface area contributed by atoms with Crippen molar-refractivity contribution in [3.05, 3.63) is 90.1 Å². The summed E-state index contributed by atoms with van der Waals surface area (Å²) in [4.78, 5) is 25.8. The van der Waals surface area contributed by atoms with Crippen LogP contribution in [0, 0.1) is 13.8 Å². The summed E-state index contributed by atoms with van der Waals surface area (Å²) < 4.78 is 37.1. The fraction of sp³-hybridized carbons (Fsp3) is 0.233. The van der Waals surface area contributed by atoms with E-state index in [0.717, 1.165) is 24.2 Å². The van der Waals surface area contributed by atoms with Crippen molar-refractivity contribution in [3.8, 4) is 11.5 Å². The number of aromatic nitrogens is 2. The van der Waals surface area contributed by atoms with Gasteiger partial charge in [-0.2, -0.15) is 13.8 Å². The maximum atomic E-state index is 13.5. The maximum absolute atomic E-state index is 13.5. The van der Waals surface area contributed by atoms with Crippen molar-refractivity contribution >= 4 is 34.9 Å². The molecule has 0 radical (unpaired) electrons. The highest BCUT2D eigenvalue weighted by Crippen LogP contribution is 2.35. The van der Waals surface area contributed by atoms with Crippen molar-refractivity contribution in [2.24, 2.45) is 0 Å². The van der Waals surface area contributed by atoms with E-state index in [9.17, 15) is 13.6 Å². The number of nitrogens with one attached hydrogen (secondary N) is 2. The Bertz CT molecular complexity index is 1480. The van der Waals surface area contributed by atoms with Gasteiger partial charge in [0, 0.05) is 50.2 Å². The molecule has 2 heterocycles. The van der Waals surface area contributed by atoms with E-state index in [1.807, 2.05) is 43.0 Å². The molecule has 1 aromatic heterocycles. The average molecular weight is 561 g/mol. The minimum Gasteiger partial charge on any atom is -0.433 e. The number of benzene rings is 3. The lowest BCUT2D eigenvalue weighted by molar-refractivity contribution is -0.0494. The summed E-state index contributed by atoms with van der Waals surface area (Å²) in [6.45, 7) is 3.66. The van der Waals surface area contributed by atoms with Crippen LogP contribution in [-0.4, -0.2) is 48.9 Å². The molecule has 1 aliphatic rings. The number of alkyl halides is 2. The van der Waals surface area contributed by atoms with Gasteiger partial charge in [0.2, 0.25) is 5.95 Å². The largest absolute Gasteiger partial charge is 0.433 e. The van der Waals surface area contributed by atoms with Crippen LogP contribution in [0.15, 0.2) is 79.0 Å². The van der Waals surface area contributed by atoms with Crippen molar-refractivity contribution in [2.45, 2.75) is 20.5 Å². The summed E-state index contributed by atoms with van der Waals surface area (Å²) in [6.07, 6.45) is 0.860.